The van der Waals surface area contributed by atoms with E-state index in [0.29, 0.717) is 11.7 Å². The monoisotopic (exact) mass is 539 g/mol. The van der Waals surface area contributed by atoms with Crippen LogP contribution in [0.3, 0.4) is 0 Å². The molecule has 0 amide bonds. The summed E-state index contributed by atoms with van der Waals surface area (Å²) in [4.78, 5) is 4.62. The van der Waals surface area contributed by atoms with E-state index >= 15 is 0 Å². The lowest BCUT2D eigenvalue weighted by Gasteiger charge is -2.22. The van der Waals surface area contributed by atoms with Crippen molar-refractivity contribution in [1.29, 1.82) is 0 Å². The number of phenols is 1. The quantitative estimate of drug-likeness (QED) is 0.224. The number of rotatable bonds is 14. The van der Waals surface area contributed by atoms with Crippen molar-refractivity contribution in [2.45, 2.75) is 86.7 Å². The molecule has 1 N–H and O–H groups in total. The number of hydrogen-bond acceptors (Lipinski definition) is 6. The van der Waals surface area contributed by atoms with E-state index < -0.39 is 0 Å². The summed E-state index contributed by atoms with van der Waals surface area (Å²) >= 11 is 0. The van der Waals surface area contributed by atoms with Crippen molar-refractivity contribution in [3.63, 3.8) is 0 Å². The Balaban J connectivity index is 0.00000127. The Morgan fingerprint density at radius 1 is 1.00 bits per heavy atom. The molecule has 1 heterocycles. The van der Waals surface area contributed by atoms with Gasteiger partial charge >= 0.3 is 0 Å². The zero-order valence-corrected chi connectivity index (χ0v) is 25.8. The van der Waals surface area contributed by atoms with E-state index in [4.69, 9.17) is 9.26 Å². The van der Waals surface area contributed by atoms with E-state index in [1.807, 2.05) is 39.8 Å². The summed E-state index contributed by atoms with van der Waals surface area (Å²) in [6.07, 6.45) is 5.71. The van der Waals surface area contributed by atoms with Crippen LogP contribution in [0.15, 0.2) is 40.9 Å². The molecule has 0 radical (unpaired) electrons. The van der Waals surface area contributed by atoms with Crippen molar-refractivity contribution in [2.75, 3.05) is 33.8 Å². The summed E-state index contributed by atoms with van der Waals surface area (Å²) in [5.74, 6) is 2.57. The van der Waals surface area contributed by atoms with E-state index in [0.717, 1.165) is 85.9 Å². The lowest BCUT2D eigenvalue weighted by atomic mass is 9.98. The van der Waals surface area contributed by atoms with Crippen molar-refractivity contribution in [1.82, 2.24) is 15.0 Å². The number of hydrogen-bond donors (Lipinski definition) is 1. The molecule has 0 saturated heterocycles. The lowest BCUT2D eigenvalue weighted by Crippen LogP contribution is -2.25. The minimum absolute atomic E-state index is 0.321. The molecule has 1 saturated carbocycles. The van der Waals surface area contributed by atoms with Gasteiger partial charge in [0.05, 0.1) is 17.9 Å². The second-order valence-electron chi connectivity index (χ2n) is 10.5. The molecule has 0 spiro atoms. The molecule has 1 unspecified atom stereocenters. The highest BCUT2D eigenvalue weighted by Crippen LogP contribution is 2.34. The normalized spacial score (nSPS) is 13.6. The van der Waals surface area contributed by atoms with Crippen LogP contribution in [0.5, 0.6) is 11.5 Å². The largest absolute Gasteiger partial charge is 0.508 e. The third kappa shape index (κ3) is 10.5. The topological polar surface area (TPSA) is 62.0 Å². The van der Waals surface area contributed by atoms with Gasteiger partial charge in [-0.15, -0.1) is 0 Å². The molecular formula is C33H53N3O3. The van der Waals surface area contributed by atoms with Crippen LogP contribution in [0, 0.1) is 11.8 Å². The van der Waals surface area contributed by atoms with Crippen LogP contribution in [-0.2, 0) is 19.5 Å². The predicted octanol–water partition coefficient (Wildman–Crippen LogP) is 7.92. The number of aryl methyl sites for hydroxylation is 1. The average molecular weight is 540 g/mol. The highest BCUT2D eigenvalue weighted by molar-refractivity contribution is 5.84. The van der Waals surface area contributed by atoms with Gasteiger partial charge in [0.25, 0.3) is 0 Å². The standard InChI is InChI=1S/C29H41N3O3.2C2H6/c1-5-32(18-22-9-11-24(33)12-10-22)17-16-21(2)6-14-27-25-13-15-28(34-20-23-7-8-23)26(19-31(3)4)29(25)35-30-27;2*1-2/h9-13,15,21,23,33H,5-8,14,16-20H2,1-4H3;2*1-2H3. The molecule has 2 aromatic carbocycles. The Morgan fingerprint density at radius 3 is 2.31 bits per heavy atom. The zero-order valence-electron chi connectivity index (χ0n) is 25.8. The summed E-state index contributed by atoms with van der Waals surface area (Å²) in [5.41, 5.74) is 4.27. The number of benzene rings is 2. The number of aromatic nitrogens is 1. The van der Waals surface area contributed by atoms with E-state index in [9.17, 15) is 5.11 Å². The lowest BCUT2D eigenvalue weighted by molar-refractivity contribution is 0.255. The van der Waals surface area contributed by atoms with Crippen molar-refractivity contribution in [3.8, 4) is 11.5 Å². The van der Waals surface area contributed by atoms with Gasteiger partial charge in [-0.05, 0) is 101 Å². The Bertz CT molecular complexity index is 1070. The second kappa shape index (κ2) is 17.2. The summed E-state index contributed by atoms with van der Waals surface area (Å²) in [5, 5.41) is 15.1. The van der Waals surface area contributed by atoms with Crippen LogP contribution >= 0.6 is 0 Å². The Morgan fingerprint density at radius 2 is 1.69 bits per heavy atom. The number of aromatic hydroxyl groups is 1. The van der Waals surface area contributed by atoms with Crippen LogP contribution in [-0.4, -0.2) is 53.9 Å². The molecular weight excluding hydrogens is 486 g/mol. The fraction of sp³-hybridized carbons (Fsp3) is 0.606. The molecule has 39 heavy (non-hydrogen) atoms. The van der Waals surface area contributed by atoms with Gasteiger partial charge in [0.1, 0.15) is 11.5 Å². The first kappa shape index (κ1) is 32.6. The highest BCUT2D eigenvalue weighted by Gasteiger charge is 2.24. The third-order valence-corrected chi connectivity index (χ3v) is 7.02. The SMILES string of the molecule is CC.CC.CCN(CCC(C)CCc1noc2c(CN(C)C)c(OCC3CC3)ccc12)Cc1ccc(O)cc1. The Hall–Kier alpha value is -2.57. The van der Waals surface area contributed by atoms with E-state index in [1.165, 1.54) is 18.4 Å². The molecule has 1 atom stereocenters. The molecule has 1 aliphatic rings. The van der Waals surface area contributed by atoms with Gasteiger partial charge in [-0.25, -0.2) is 0 Å². The van der Waals surface area contributed by atoms with Crippen LogP contribution in [0.4, 0.5) is 0 Å². The summed E-state index contributed by atoms with van der Waals surface area (Å²) in [7, 11) is 4.15. The minimum atomic E-state index is 0.321. The molecule has 0 bridgehead atoms. The van der Waals surface area contributed by atoms with Crippen LogP contribution in [0.2, 0.25) is 0 Å². The smallest absolute Gasteiger partial charge is 0.175 e. The van der Waals surface area contributed by atoms with Crippen LogP contribution in [0.25, 0.3) is 11.0 Å². The third-order valence-electron chi connectivity index (χ3n) is 7.02. The molecule has 4 rings (SSSR count). The number of nitrogens with zero attached hydrogens (tertiary/aromatic N) is 3. The fourth-order valence-electron chi connectivity index (χ4n) is 4.50. The van der Waals surface area contributed by atoms with E-state index in [2.05, 4.69) is 55.0 Å². The summed E-state index contributed by atoms with van der Waals surface area (Å²) in [6.45, 7) is 17.1. The minimum Gasteiger partial charge on any atom is -0.508 e. The molecule has 6 nitrogen and oxygen atoms in total. The first-order valence-electron chi connectivity index (χ1n) is 15.1. The molecule has 1 aliphatic carbocycles. The molecule has 6 heteroatoms. The summed E-state index contributed by atoms with van der Waals surface area (Å²) in [6, 6.07) is 11.8. The number of phenolic OH excluding ortho intramolecular Hbond substituents is 1. The van der Waals surface area contributed by atoms with Crippen molar-refractivity contribution >= 4 is 11.0 Å². The maximum atomic E-state index is 9.51. The molecule has 1 fully saturated rings. The number of fused-ring (bicyclic) bond motifs is 1. The predicted molar refractivity (Wildman–Crippen MR) is 163 cm³/mol. The first-order valence-corrected chi connectivity index (χ1v) is 15.1. The second-order valence-corrected chi connectivity index (χ2v) is 10.5. The molecule has 0 aliphatic heterocycles. The van der Waals surface area contributed by atoms with Crippen molar-refractivity contribution in [2.24, 2.45) is 11.8 Å². The Labute approximate surface area is 237 Å². The average Bonchev–Trinajstić information content (AvgIpc) is 3.69. The van der Waals surface area contributed by atoms with Crippen molar-refractivity contribution < 1.29 is 14.4 Å². The Kier molecular flexibility index (Phi) is 14.4. The van der Waals surface area contributed by atoms with Gasteiger partial charge in [0.2, 0.25) is 0 Å². The van der Waals surface area contributed by atoms with Gasteiger partial charge in [-0.1, -0.05) is 58.8 Å². The zero-order chi connectivity index (χ0) is 28.8. The van der Waals surface area contributed by atoms with Gasteiger partial charge in [0.15, 0.2) is 5.58 Å². The fourth-order valence-corrected chi connectivity index (χ4v) is 4.50. The maximum Gasteiger partial charge on any atom is 0.175 e. The van der Waals surface area contributed by atoms with Gasteiger partial charge in [0, 0.05) is 18.5 Å². The molecule has 3 aromatic rings. The van der Waals surface area contributed by atoms with Gasteiger partial charge in [-0.2, -0.15) is 0 Å². The summed E-state index contributed by atoms with van der Waals surface area (Å²) < 4.78 is 12.0. The highest BCUT2D eigenvalue weighted by atomic mass is 16.5. The molecule has 218 valence electrons. The van der Waals surface area contributed by atoms with Crippen LogP contribution < -0.4 is 4.74 Å². The first-order chi connectivity index (χ1) is 18.9. The molecule has 1 aromatic heterocycles. The van der Waals surface area contributed by atoms with Crippen molar-refractivity contribution in [3.05, 3.63) is 53.2 Å². The van der Waals surface area contributed by atoms with E-state index in [-0.39, 0.29) is 0 Å². The van der Waals surface area contributed by atoms with Gasteiger partial charge in [-0.3, -0.25) is 4.90 Å². The van der Waals surface area contributed by atoms with E-state index in [1.54, 1.807) is 12.1 Å². The number of ether oxygens (including phenoxy) is 1. The maximum absolute atomic E-state index is 9.51. The van der Waals surface area contributed by atoms with Crippen LogP contribution in [0.1, 0.15) is 84.0 Å². The van der Waals surface area contributed by atoms with Gasteiger partial charge < -0.3 is 19.3 Å².